The smallest absolute Gasteiger partial charge is 0.344 e. The summed E-state index contributed by atoms with van der Waals surface area (Å²) in [4.78, 5) is 24.7. The SMILES string of the molecule is C=CC(=O)OC(C)(C)NC(C)Oc1ccc2cc(-c3ccc(C(C)CC)cc3C(C)CC)c(=O)oc2c1. The molecule has 3 unspecified atom stereocenters. The Kier molecular flexibility index (Phi) is 8.98. The average Bonchev–Trinajstić information content (AvgIpc) is 2.86. The summed E-state index contributed by atoms with van der Waals surface area (Å²) in [5, 5.41) is 3.90. The van der Waals surface area contributed by atoms with Gasteiger partial charge in [0.25, 0.3) is 0 Å². The summed E-state index contributed by atoms with van der Waals surface area (Å²) in [5.41, 5.74) is 3.05. The Morgan fingerprint density at radius 2 is 1.73 bits per heavy atom. The van der Waals surface area contributed by atoms with E-state index in [9.17, 15) is 9.59 Å². The summed E-state index contributed by atoms with van der Waals surface area (Å²) in [7, 11) is 0. The van der Waals surface area contributed by atoms with Gasteiger partial charge in [-0.05, 0) is 80.3 Å². The van der Waals surface area contributed by atoms with E-state index in [0.29, 0.717) is 28.7 Å². The summed E-state index contributed by atoms with van der Waals surface area (Å²) >= 11 is 0. The quantitative estimate of drug-likeness (QED) is 0.128. The molecule has 0 saturated heterocycles. The highest BCUT2D eigenvalue weighted by Crippen LogP contribution is 2.34. The minimum atomic E-state index is -0.958. The van der Waals surface area contributed by atoms with Gasteiger partial charge in [-0.2, -0.15) is 0 Å². The zero-order valence-corrected chi connectivity index (χ0v) is 23.0. The van der Waals surface area contributed by atoms with E-state index in [2.05, 4.69) is 57.8 Å². The standard InChI is InChI=1S/C31H39NO5/c1-9-19(4)22-13-15-25(26(16-22)20(5)10-2)27-17-23-12-14-24(18-28(23)36-30(27)34)35-21(6)32-31(7,8)37-29(33)11-3/h11-21,32H,3,9-10H2,1-2,4-8H3. The van der Waals surface area contributed by atoms with Crippen molar-refractivity contribution in [3.8, 4) is 16.9 Å². The Morgan fingerprint density at radius 1 is 1.03 bits per heavy atom. The van der Waals surface area contributed by atoms with Crippen LogP contribution in [0.2, 0.25) is 0 Å². The number of carbonyl (C=O) groups is 1. The predicted octanol–water partition coefficient (Wildman–Crippen LogP) is 7.27. The van der Waals surface area contributed by atoms with Crippen molar-refractivity contribution < 1.29 is 18.7 Å². The second-order valence-electron chi connectivity index (χ2n) is 10.2. The van der Waals surface area contributed by atoms with Gasteiger partial charge in [0.15, 0.2) is 5.72 Å². The molecule has 0 bridgehead atoms. The van der Waals surface area contributed by atoms with Crippen LogP contribution in [0.4, 0.5) is 0 Å². The van der Waals surface area contributed by atoms with E-state index in [4.69, 9.17) is 13.9 Å². The van der Waals surface area contributed by atoms with Crippen molar-refractivity contribution >= 4 is 16.9 Å². The molecular formula is C31H39NO5. The number of ether oxygens (including phenoxy) is 2. The van der Waals surface area contributed by atoms with Crippen molar-refractivity contribution in [2.75, 3.05) is 0 Å². The lowest BCUT2D eigenvalue weighted by molar-refractivity contribution is -0.155. The zero-order valence-electron chi connectivity index (χ0n) is 23.0. The number of nitrogens with one attached hydrogen (secondary N) is 1. The monoisotopic (exact) mass is 505 g/mol. The molecule has 0 radical (unpaired) electrons. The molecule has 6 nitrogen and oxygen atoms in total. The number of fused-ring (bicyclic) bond motifs is 1. The molecule has 0 aliphatic rings. The van der Waals surface area contributed by atoms with Gasteiger partial charge < -0.3 is 13.9 Å². The van der Waals surface area contributed by atoms with Crippen LogP contribution in [0.5, 0.6) is 5.75 Å². The van der Waals surface area contributed by atoms with Crippen LogP contribution in [0.3, 0.4) is 0 Å². The third-order valence-electron chi connectivity index (χ3n) is 6.78. The zero-order chi connectivity index (χ0) is 27.3. The molecule has 0 spiro atoms. The first-order valence-electron chi connectivity index (χ1n) is 13.0. The molecule has 1 heterocycles. The molecule has 1 aromatic heterocycles. The fourth-order valence-electron chi connectivity index (χ4n) is 4.39. The van der Waals surface area contributed by atoms with Crippen molar-refractivity contribution in [3.05, 3.63) is 76.7 Å². The summed E-state index contributed by atoms with van der Waals surface area (Å²) in [6.07, 6.45) is 2.67. The lowest BCUT2D eigenvalue weighted by Gasteiger charge is -2.29. The fraction of sp³-hybridized carbons (Fsp3) is 0.419. The Hall–Kier alpha value is -3.38. The maximum atomic E-state index is 13.1. The molecule has 0 aliphatic carbocycles. The van der Waals surface area contributed by atoms with Crippen molar-refractivity contribution in [2.45, 2.75) is 85.1 Å². The second kappa shape index (κ2) is 11.8. The summed E-state index contributed by atoms with van der Waals surface area (Å²) in [5.74, 6) is 0.764. The van der Waals surface area contributed by atoms with Gasteiger partial charge in [0, 0.05) is 17.5 Å². The van der Waals surface area contributed by atoms with Gasteiger partial charge in [0.2, 0.25) is 0 Å². The molecule has 3 rings (SSSR count). The molecule has 198 valence electrons. The van der Waals surface area contributed by atoms with Crippen molar-refractivity contribution in [2.24, 2.45) is 0 Å². The van der Waals surface area contributed by atoms with Crippen molar-refractivity contribution in [1.82, 2.24) is 5.32 Å². The van der Waals surface area contributed by atoms with Crippen LogP contribution in [0.15, 0.2) is 64.3 Å². The topological polar surface area (TPSA) is 77.8 Å². The molecule has 0 aliphatic heterocycles. The number of esters is 1. The van der Waals surface area contributed by atoms with E-state index in [0.717, 1.165) is 29.9 Å². The maximum absolute atomic E-state index is 13.1. The Balaban J connectivity index is 1.91. The molecule has 3 atom stereocenters. The molecule has 37 heavy (non-hydrogen) atoms. The first-order chi connectivity index (χ1) is 17.5. The number of hydrogen-bond acceptors (Lipinski definition) is 6. The van der Waals surface area contributed by atoms with Crippen LogP contribution >= 0.6 is 0 Å². The predicted molar refractivity (Wildman–Crippen MR) is 149 cm³/mol. The highest BCUT2D eigenvalue weighted by Gasteiger charge is 2.24. The largest absolute Gasteiger partial charge is 0.475 e. The van der Waals surface area contributed by atoms with Crippen LogP contribution in [-0.4, -0.2) is 17.9 Å². The average molecular weight is 506 g/mol. The van der Waals surface area contributed by atoms with Gasteiger partial charge in [-0.25, -0.2) is 14.9 Å². The minimum absolute atomic E-state index is 0.314. The van der Waals surface area contributed by atoms with Crippen molar-refractivity contribution in [3.63, 3.8) is 0 Å². The lowest BCUT2D eigenvalue weighted by Crippen LogP contribution is -2.49. The maximum Gasteiger partial charge on any atom is 0.344 e. The van der Waals surface area contributed by atoms with E-state index in [-0.39, 0.29) is 5.63 Å². The number of hydrogen-bond donors (Lipinski definition) is 1. The molecule has 2 aromatic carbocycles. The minimum Gasteiger partial charge on any atom is -0.475 e. The summed E-state index contributed by atoms with van der Waals surface area (Å²) < 4.78 is 17.0. The Morgan fingerprint density at radius 3 is 2.38 bits per heavy atom. The van der Waals surface area contributed by atoms with Crippen LogP contribution in [0.25, 0.3) is 22.1 Å². The summed E-state index contributed by atoms with van der Waals surface area (Å²) in [6, 6.07) is 13.7. The van der Waals surface area contributed by atoms with Crippen molar-refractivity contribution in [1.29, 1.82) is 0 Å². The van der Waals surface area contributed by atoms with E-state index in [1.54, 1.807) is 26.8 Å². The summed E-state index contributed by atoms with van der Waals surface area (Å²) in [6.45, 7) is 17.4. The van der Waals surface area contributed by atoms with E-state index >= 15 is 0 Å². The third-order valence-corrected chi connectivity index (χ3v) is 6.78. The fourth-order valence-corrected chi connectivity index (χ4v) is 4.39. The van der Waals surface area contributed by atoms with Gasteiger partial charge in [-0.3, -0.25) is 0 Å². The lowest BCUT2D eigenvalue weighted by atomic mass is 9.86. The molecule has 0 saturated carbocycles. The van der Waals surface area contributed by atoms with Crippen LogP contribution in [0, 0.1) is 0 Å². The Bertz CT molecular complexity index is 1320. The van der Waals surface area contributed by atoms with Gasteiger partial charge in [0.1, 0.15) is 17.6 Å². The number of carbonyl (C=O) groups excluding carboxylic acids is 1. The van der Waals surface area contributed by atoms with Gasteiger partial charge in [-0.15, -0.1) is 0 Å². The number of benzene rings is 2. The first-order valence-corrected chi connectivity index (χ1v) is 13.0. The highest BCUT2D eigenvalue weighted by atomic mass is 16.6. The van der Waals surface area contributed by atoms with Gasteiger partial charge in [-0.1, -0.05) is 52.5 Å². The normalized spacial score (nSPS) is 14.1. The molecule has 0 fully saturated rings. The Labute approximate surface area is 219 Å². The third kappa shape index (κ3) is 6.89. The molecule has 0 amide bonds. The van der Waals surface area contributed by atoms with Gasteiger partial charge >= 0.3 is 11.6 Å². The van der Waals surface area contributed by atoms with Gasteiger partial charge in [0.05, 0.1) is 5.56 Å². The first kappa shape index (κ1) is 28.2. The molecule has 6 heteroatoms. The van der Waals surface area contributed by atoms with Crippen LogP contribution in [-0.2, 0) is 9.53 Å². The molecular weight excluding hydrogens is 466 g/mol. The highest BCUT2D eigenvalue weighted by molar-refractivity contribution is 5.83. The van der Waals surface area contributed by atoms with Crippen LogP contribution in [0.1, 0.15) is 84.3 Å². The molecule has 3 aromatic rings. The number of rotatable bonds is 11. The molecule has 1 N–H and O–H groups in total. The van der Waals surface area contributed by atoms with E-state index in [1.165, 1.54) is 11.1 Å². The van der Waals surface area contributed by atoms with E-state index in [1.807, 2.05) is 18.2 Å². The van der Waals surface area contributed by atoms with Crippen LogP contribution < -0.4 is 15.7 Å². The second-order valence-corrected chi connectivity index (χ2v) is 10.2. The van der Waals surface area contributed by atoms with E-state index < -0.39 is 17.9 Å².